The van der Waals surface area contributed by atoms with Crippen LogP contribution >= 0.6 is 11.3 Å². The van der Waals surface area contributed by atoms with Gasteiger partial charge in [0.25, 0.3) is 5.91 Å². The molecule has 0 bridgehead atoms. The van der Waals surface area contributed by atoms with E-state index in [1.165, 1.54) is 17.7 Å². The van der Waals surface area contributed by atoms with Crippen molar-refractivity contribution in [3.63, 3.8) is 0 Å². The summed E-state index contributed by atoms with van der Waals surface area (Å²) in [4.78, 5) is 22.6. The van der Waals surface area contributed by atoms with Crippen LogP contribution in [0.3, 0.4) is 0 Å². The van der Waals surface area contributed by atoms with Crippen molar-refractivity contribution in [3.05, 3.63) is 40.4 Å². The maximum Gasteiger partial charge on any atom is 0.261 e. The lowest BCUT2D eigenvalue weighted by Gasteiger charge is -2.06. The minimum absolute atomic E-state index is 0.00870. The standard InChI is InChI=1S/C17H18N4O2S/c1-9-3-6-12(23-9)7-18-15-13-10(2)14(16(22)21-11-4-5-11)24-17(13)20-8-19-15/h3,6,8,11H,4-5,7H2,1-2H3,(H,21,22)(H,18,19,20). The molecule has 3 aromatic rings. The second-order valence-corrected chi connectivity index (χ2v) is 7.07. The molecule has 0 saturated heterocycles. The third-order valence-electron chi connectivity index (χ3n) is 4.07. The number of anilines is 1. The van der Waals surface area contributed by atoms with Gasteiger partial charge in [-0.25, -0.2) is 9.97 Å². The first-order valence-electron chi connectivity index (χ1n) is 7.96. The molecule has 1 amide bonds. The zero-order valence-corrected chi connectivity index (χ0v) is 14.4. The average Bonchev–Trinajstić information content (AvgIpc) is 3.17. The first-order chi connectivity index (χ1) is 11.6. The van der Waals surface area contributed by atoms with Crippen LogP contribution in [0.25, 0.3) is 10.2 Å². The zero-order chi connectivity index (χ0) is 16.7. The number of aryl methyl sites for hydroxylation is 2. The number of rotatable bonds is 5. The molecule has 1 fully saturated rings. The number of hydrogen-bond acceptors (Lipinski definition) is 6. The Labute approximate surface area is 143 Å². The van der Waals surface area contributed by atoms with E-state index >= 15 is 0 Å². The van der Waals surface area contributed by atoms with Gasteiger partial charge in [-0.2, -0.15) is 0 Å². The van der Waals surface area contributed by atoms with Crippen LogP contribution in [0.2, 0.25) is 0 Å². The van der Waals surface area contributed by atoms with E-state index in [1.807, 2.05) is 26.0 Å². The molecule has 0 radical (unpaired) electrons. The van der Waals surface area contributed by atoms with Crippen LogP contribution in [-0.2, 0) is 6.54 Å². The Bertz CT molecular complexity index is 911. The van der Waals surface area contributed by atoms with Crippen molar-refractivity contribution in [2.45, 2.75) is 39.3 Å². The van der Waals surface area contributed by atoms with Crippen LogP contribution in [0.1, 0.15) is 39.6 Å². The summed E-state index contributed by atoms with van der Waals surface area (Å²) >= 11 is 1.42. The van der Waals surface area contributed by atoms with Gasteiger partial charge in [0.15, 0.2) is 0 Å². The van der Waals surface area contributed by atoms with Gasteiger partial charge in [-0.05, 0) is 44.4 Å². The van der Waals surface area contributed by atoms with Gasteiger partial charge >= 0.3 is 0 Å². The first-order valence-corrected chi connectivity index (χ1v) is 8.77. The Morgan fingerprint density at radius 1 is 1.33 bits per heavy atom. The number of fused-ring (bicyclic) bond motifs is 1. The van der Waals surface area contributed by atoms with E-state index in [9.17, 15) is 4.79 Å². The van der Waals surface area contributed by atoms with Gasteiger partial charge < -0.3 is 15.1 Å². The number of carbonyl (C=O) groups excluding carboxylic acids is 1. The van der Waals surface area contributed by atoms with Crippen molar-refractivity contribution in [2.24, 2.45) is 0 Å². The van der Waals surface area contributed by atoms with E-state index in [0.29, 0.717) is 17.5 Å². The Kier molecular flexibility index (Phi) is 3.72. The van der Waals surface area contributed by atoms with E-state index in [-0.39, 0.29) is 5.91 Å². The van der Waals surface area contributed by atoms with Crippen LogP contribution in [-0.4, -0.2) is 21.9 Å². The zero-order valence-electron chi connectivity index (χ0n) is 13.5. The number of aromatic nitrogens is 2. The number of hydrogen-bond donors (Lipinski definition) is 2. The molecule has 1 aliphatic rings. The highest BCUT2D eigenvalue weighted by molar-refractivity contribution is 7.20. The van der Waals surface area contributed by atoms with Gasteiger partial charge in [-0.15, -0.1) is 11.3 Å². The molecule has 0 atom stereocenters. The summed E-state index contributed by atoms with van der Waals surface area (Å²) in [5, 5.41) is 7.24. The molecule has 0 unspecified atom stereocenters. The number of nitrogens with zero attached hydrogens (tertiary/aromatic N) is 2. The molecule has 0 aliphatic heterocycles. The topological polar surface area (TPSA) is 80.0 Å². The molecule has 1 aliphatic carbocycles. The second kappa shape index (κ2) is 5.90. The normalized spacial score (nSPS) is 14.1. The molecular weight excluding hydrogens is 324 g/mol. The summed E-state index contributed by atoms with van der Waals surface area (Å²) in [6, 6.07) is 4.21. The molecule has 24 heavy (non-hydrogen) atoms. The van der Waals surface area contributed by atoms with Crippen molar-refractivity contribution >= 4 is 33.3 Å². The SMILES string of the molecule is Cc1ccc(CNc2ncnc3sc(C(=O)NC4CC4)c(C)c23)o1. The minimum Gasteiger partial charge on any atom is -0.465 e. The van der Waals surface area contributed by atoms with E-state index in [2.05, 4.69) is 20.6 Å². The van der Waals surface area contributed by atoms with Crippen molar-refractivity contribution in [1.82, 2.24) is 15.3 Å². The second-order valence-electron chi connectivity index (χ2n) is 6.07. The van der Waals surface area contributed by atoms with Gasteiger partial charge in [0.1, 0.15) is 28.5 Å². The third kappa shape index (κ3) is 2.87. The molecule has 3 heterocycles. The Balaban J connectivity index is 1.63. The molecule has 7 heteroatoms. The molecule has 0 aromatic carbocycles. The average molecular weight is 342 g/mol. The lowest BCUT2D eigenvalue weighted by Crippen LogP contribution is -2.24. The highest BCUT2D eigenvalue weighted by Crippen LogP contribution is 2.34. The molecule has 6 nitrogen and oxygen atoms in total. The van der Waals surface area contributed by atoms with E-state index in [1.54, 1.807) is 0 Å². The number of carbonyl (C=O) groups is 1. The molecule has 0 spiro atoms. The van der Waals surface area contributed by atoms with Crippen molar-refractivity contribution in [3.8, 4) is 0 Å². The summed E-state index contributed by atoms with van der Waals surface area (Å²) in [7, 11) is 0. The van der Waals surface area contributed by atoms with E-state index in [0.717, 1.165) is 46.0 Å². The molecule has 2 N–H and O–H groups in total. The predicted octanol–water partition coefficient (Wildman–Crippen LogP) is 3.41. The fourth-order valence-corrected chi connectivity index (χ4v) is 3.70. The fourth-order valence-electron chi connectivity index (χ4n) is 2.65. The summed E-state index contributed by atoms with van der Waals surface area (Å²) in [6.07, 6.45) is 3.67. The number of nitrogens with one attached hydrogen (secondary N) is 2. The van der Waals surface area contributed by atoms with Gasteiger partial charge in [-0.3, -0.25) is 4.79 Å². The number of furan rings is 1. The largest absolute Gasteiger partial charge is 0.465 e. The third-order valence-corrected chi connectivity index (χ3v) is 5.27. The highest BCUT2D eigenvalue weighted by atomic mass is 32.1. The maximum absolute atomic E-state index is 12.4. The van der Waals surface area contributed by atoms with Gasteiger partial charge in [0, 0.05) is 6.04 Å². The lowest BCUT2D eigenvalue weighted by atomic mass is 10.2. The van der Waals surface area contributed by atoms with Gasteiger partial charge in [0.2, 0.25) is 0 Å². The Morgan fingerprint density at radius 2 is 2.17 bits per heavy atom. The van der Waals surface area contributed by atoms with E-state index in [4.69, 9.17) is 4.42 Å². The summed E-state index contributed by atoms with van der Waals surface area (Å²) in [5.74, 6) is 2.45. The van der Waals surface area contributed by atoms with Crippen LogP contribution in [0.4, 0.5) is 5.82 Å². The predicted molar refractivity (Wildman–Crippen MR) is 93.4 cm³/mol. The molecule has 124 valence electrons. The van der Waals surface area contributed by atoms with Crippen LogP contribution in [0, 0.1) is 13.8 Å². The summed E-state index contributed by atoms with van der Waals surface area (Å²) in [5.41, 5.74) is 0.923. The molecule has 3 aromatic heterocycles. The summed E-state index contributed by atoms with van der Waals surface area (Å²) < 4.78 is 5.57. The molecule has 1 saturated carbocycles. The quantitative estimate of drug-likeness (QED) is 0.743. The lowest BCUT2D eigenvalue weighted by molar-refractivity contribution is 0.0954. The smallest absolute Gasteiger partial charge is 0.261 e. The summed E-state index contributed by atoms with van der Waals surface area (Å²) in [6.45, 7) is 4.41. The monoisotopic (exact) mass is 342 g/mol. The van der Waals surface area contributed by atoms with Gasteiger partial charge in [0.05, 0.1) is 16.8 Å². The Morgan fingerprint density at radius 3 is 2.88 bits per heavy atom. The van der Waals surface area contributed by atoms with E-state index < -0.39 is 0 Å². The van der Waals surface area contributed by atoms with Gasteiger partial charge in [-0.1, -0.05) is 0 Å². The molecule has 4 rings (SSSR count). The molecular formula is C17H18N4O2S. The Hall–Kier alpha value is -2.41. The van der Waals surface area contributed by atoms with Crippen molar-refractivity contribution in [1.29, 1.82) is 0 Å². The minimum atomic E-state index is -0.00870. The number of thiophene rings is 1. The number of amides is 1. The fraction of sp³-hybridized carbons (Fsp3) is 0.353. The first kappa shape index (κ1) is 15.1. The van der Waals surface area contributed by atoms with Crippen LogP contribution in [0.5, 0.6) is 0 Å². The van der Waals surface area contributed by atoms with Crippen molar-refractivity contribution in [2.75, 3.05) is 5.32 Å². The van der Waals surface area contributed by atoms with Crippen LogP contribution in [0.15, 0.2) is 22.9 Å². The maximum atomic E-state index is 12.4. The van der Waals surface area contributed by atoms with Crippen LogP contribution < -0.4 is 10.6 Å². The highest BCUT2D eigenvalue weighted by Gasteiger charge is 2.26. The van der Waals surface area contributed by atoms with Crippen molar-refractivity contribution < 1.29 is 9.21 Å².